The third kappa shape index (κ3) is 3.47. The molecule has 1 aromatic rings. The molecule has 3 N–H and O–H groups in total. The Bertz CT molecular complexity index is 371. The minimum atomic E-state index is -1.19. The minimum Gasteiger partial charge on any atom is -0.478 e. The van der Waals surface area contributed by atoms with Crippen LogP contribution < -0.4 is 10.6 Å². The summed E-state index contributed by atoms with van der Waals surface area (Å²) < 4.78 is 12.8. The number of aromatic carboxylic acids is 1. The van der Waals surface area contributed by atoms with Crippen molar-refractivity contribution in [1.82, 2.24) is 10.3 Å². The van der Waals surface area contributed by atoms with Gasteiger partial charge in [-0.15, -0.1) is 0 Å². The molecule has 0 fully saturated rings. The van der Waals surface area contributed by atoms with Gasteiger partial charge in [0.2, 0.25) is 0 Å². The molecule has 5 nitrogen and oxygen atoms in total. The number of aromatic nitrogens is 1. The molecular weight excluding hydrogens is 213 g/mol. The predicted octanol–water partition coefficient (Wildman–Crippen LogP) is 0.940. The molecule has 0 aromatic carbocycles. The molecule has 0 bridgehead atoms. The maximum absolute atomic E-state index is 12.8. The first-order valence-corrected chi connectivity index (χ1v) is 4.92. The maximum atomic E-state index is 12.8. The van der Waals surface area contributed by atoms with Crippen LogP contribution in [0.5, 0.6) is 0 Å². The highest BCUT2D eigenvalue weighted by atomic mass is 19.1. The van der Waals surface area contributed by atoms with Crippen LogP contribution in [0.15, 0.2) is 12.3 Å². The van der Waals surface area contributed by atoms with E-state index in [-0.39, 0.29) is 11.4 Å². The number of anilines is 1. The van der Waals surface area contributed by atoms with Crippen molar-refractivity contribution in [2.75, 3.05) is 25.5 Å². The Morgan fingerprint density at radius 1 is 1.56 bits per heavy atom. The van der Waals surface area contributed by atoms with Crippen molar-refractivity contribution in [3.63, 3.8) is 0 Å². The summed E-state index contributed by atoms with van der Waals surface area (Å²) in [6.45, 7) is 1.40. The van der Waals surface area contributed by atoms with Crippen LogP contribution in [0.1, 0.15) is 16.8 Å². The van der Waals surface area contributed by atoms with Gasteiger partial charge in [-0.05, 0) is 26.1 Å². The van der Waals surface area contributed by atoms with Gasteiger partial charge in [-0.1, -0.05) is 0 Å². The summed E-state index contributed by atoms with van der Waals surface area (Å²) in [5.74, 6) is -1.65. The SMILES string of the molecule is CNCCCNc1ncc(F)cc1C(=O)O. The number of hydrogen-bond donors (Lipinski definition) is 3. The molecule has 0 spiro atoms. The molecule has 0 amide bonds. The van der Waals surface area contributed by atoms with Gasteiger partial charge in [0.25, 0.3) is 0 Å². The molecule has 0 unspecified atom stereocenters. The zero-order valence-corrected chi connectivity index (χ0v) is 8.96. The molecule has 0 radical (unpaired) electrons. The van der Waals surface area contributed by atoms with Crippen molar-refractivity contribution in [2.24, 2.45) is 0 Å². The summed E-state index contributed by atoms with van der Waals surface area (Å²) in [5, 5.41) is 14.7. The second-order valence-corrected chi connectivity index (χ2v) is 3.24. The molecule has 1 heterocycles. The van der Waals surface area contributed by atoms with E-state index in [1.165, 1.54) is 0 Å². The largest absolute Gasteiger partial charge is 0.478 e. The van der Waals surface area contributed by atoms with Crippen molar-refractivity contribution in [1.29, 1.82) is 0 Å². The highest BCUT2D eigenvalue weighted by molar-refractivity contribution is 5.93. The number of hydrogen-bond acceptors (Lipinski definition) is 4. The lowest BCUT2D eigenvalue weighted by Gasteiger charge is -2.08. The van der Waals surface area contributed by atoms with Gasteiger partial charge in [0.15, 0.2) is 0 Å². The normalized spacial score (nSPS) is 10.1. The van der Waals surface area contributed by atoms with Crippen molar-refractivity contribution < 1.29 is 14.3 Å². The summed E-state index contributed by atoms with van der Waals surface area (Å²) in [6.07, 6.45) is 1.82. The van der Waals surface area contributed by atoms with E-state index < -0.39 is 11.8 Å². The van der Waals surface area contributed by atoms with Gasteiger partial charge in [-0.3, -0.25) is 0 Å². The summed E-state index contributed by atoms with van der Waals surface area (Å²) in [5.41, 5.74) is -0.149. The van der Waals surface area contributed by atoms with Gasteiger partial charge in [0, 0.05) is 6.54 Å². The van der Waals surface area contributed by atoms with Crippen LogP contribution in [-0.2, 0) is 0 Å². The zero-order valence-electron chi connectivity index (χ0n) is 8.96. The molecule has 1 aromatic heterocycles. The number of pyridine rings is 1. The van der Waals surface area contributed by atoms with E-state index in [2.05, 4.69) is 15.6 Å². The lowest BCUT2D eigenvalue weighted by Crippen LogP contribution is -2.15. The number of carboxylic acids is 1. The summed E-state index contributed by atoms with van der Waals surface area (Å²) in [6, 6.07) is 0.954. The summed E-state index contributed by atoms with van der Waals surface area (Å²) in [4.78, 5) is 14.5. The van der Waals surface area contributed by atoms with Crippen LogP contribution in [0.3, 0.4) is 0 Å². The van der Waals surface area contributed by atoms with Crippen LogP contribution in [0.25, 0.3) is 0 Å². The summed E-state index contributed by atoms with van der Waals surface area (Å²) in [7, 11) is 1.83. The molecule has 6 heteroatoms. The molecule has 0 aliphatic heterocycles. The van der Waals surface area contributed by atoms with Crippen LogP contribution in [0.2, 0.25) is 0 Å². The molecule has 88 valence electrons. The Morgan fingerprint density at radius 3 is 2.94 bits per heavy atom. The fourth-order valence-electron chi connectivity index (χ4n) is 1.22. The molecule has 0 saturated carbocycles. The van der Waals surface area contributed by atoms with E-state index >= 15 is 0 Å². The van der Waals surface area contributed by atoms with E-state index in [4.69, 9.17) is 5.11 Å². The van der Waals surface area contributed by atoms with Crippen molar-refractivity contribution in [3.8, 4) is 0 Å². The van der Waals surface area contributed by atoms with Gasteiger partial charge >= 0.3 is 5.97 Å². The van der Waals surface area contributed by atoms with Gasteiger partial charge in [0.05, 0.1) is 6.20 Å². The number of nitrogens with zero attached hydrogens (tertiary/aromatic N) is 1. The number of carbonyl (C=O) groups is 1. The van der Waals surface area contributed by atoms with E-state index in [0.717, 1.165) is 25.2 Å². The molecule has 0 saturated heterocycles. The van der Waals surface area contributed by atoms with E-state index in [1.54, 1.807) is 0 Å². The van der Waals surface area contributed by atoms with Crippen LogP contribution in [0, 0.1) is 5.82 Å². The fourth-order valence-corrected chi connectivity index (χ4v) is 1.22. The molecular formula is C10H14FN3O2. The average molecular weight is 227 g/mol. The second kappa shape index (κ2) is 6.02. The van der Waals surface area contributed by atoms with Gasteiger partial charge < -0.3 is 15.7 Å². The topological polar surface area (TPSA) is 74.2 Å². The third-order valence-corrected chi connectivity index (χ3v) is 1.98. The van der Waals surface area contributed by atoms with Gasteiger partial charge in [-0.25, -0.2) is 14.2 Å². The fraction of sp³-hybridized carbons (Fsp3) is 0.400. The first-order chi connectivity index (χ1) is 7.65. The van der Waals surface area contributed by atoms with E-state index in [1.807, 2.05) is 7.05 Å². The minimum absolute atomic E-state index is 0.149. The number of halogens is 1. The first-order valence-electron chi connectivity index (χ1n) is 4.92. The molecule has 16 heavy (non-hydrogen) atoms. The average Bonchev–Trinajstić information content (AvgIpc) is 2.26. The van der Waals surface area contributed by atoms with Crippen molar-refractivity contribution >= 4 is 11.8 Å². The maximum Gasteiger partial charge on any atom is 0.339 e. The summed E-state index contributed by atoms with van der Waals surface area (Å²) >= 11 is 0. The second-order valence-electron chi connectivity index (χ2n) is 3.24. The Balaban J connectivity index is 2.67. The lowest BCUT2D eigenvalue weighted by molar-refractivity contribution is 0.0697. The van der Waals surface area contributed by atoms with Gasteiger partial charge in [-0.2, -0.15) is 0 Å². The highest BCUT2D eigenvalue weighted by Crippen LogP contribution is 2.13. The smallest absolute Gasteiger partial charge is 0.339 e. The molecule has 0 aliphatic carbocycles. The Kier molecular flexibility index (Phi) is 4.65. The number of nitrogens with one attached hydrogen (secondary N) is 2. The Hall–Kier alpha value is -1.69. The van der Waals surface area contributed by atoms with Crippen LogP contribution in [0.4, 0.5) is 10.2 Å². The lowest BCUT2D eigenvalue weighted by atomic mass is 10.2. The standard InChI is InChI=1S/C10H14FN3O2/c1-12-3-2-4-13-9-8(10(15)16)5-7(11)6-14-9/h5-6,12H,2-4H2,1H3,(H,13,14)(H,15,16). The Labute approximate surface area is 92.7 Å². The predicted molar refractivity (Wildman–Crippen MR) is 58.2 cm³/mol. The Morgan fingerprint density at radius 2 is 2.31 bits per heavy atom. The van der Waals surface area contributed by atoms with Crippen molar-refractivity contribution in [2.45, 2.75) is 6.42 Å². The van der Waals surface area contributed by atoms with Crippen LogP contribution in [-0.4, -0.2) is 36.2 Å². The van der Waals surface area contributed by atoms with Gasteiger partial charge in [0.1, 0.15) is 17.2 Å². The zero-order chi connectivity index (χ0) is 12.0. The third-order valence-electron chi connectivity index (χ3n) is 1.98. The van der Waals surface area contributed by atoms with E-state index in [9.17, 15) is 9.18 Å². The first kappa shape index (κ1) is 12.4. The molecule has 0 atom stereocenters. The quantitative estimate of drug-likeness (QED) is 0.631. The molecule has 0 aliphatic rings. The number of carboxylic acid groups (broad SMARTS) is 1. The van der Waals surface area contributed by atoms with Crippen LogP contribution >= 0.6 is 0 Å². The number of rotatable bonds is 6. The van der Waals surface area contributed by atoms with E-state index in [0.29, 0.717) is 6.54 Å². The molecule has 1 rings (SSSR count). The van der Waals surface area contributed by atoms with Crippen molar-refractivity contribution in [3.05, 3.63) is 23.6 Å². The monoisotopic (exact) mass is 227 g/mol. The highest BCUT2D eigenvalue weighted by Gasteiger charge is 2.12.